The van der Waals surface area contributed by atoms with Crippen molar-refractivity contribution in [2.45, 2.75) is 6.04 Å². The van der Waals surface area contributed by atoms with E-state index in [2.05, 4.69) is 5.43 Å². The Kier molecular flexibility index (Phi) is 5.03. The summed E-state index contributed by atoms with van der Waals surface area (Å²) in [4.78, 5) is 26.1. The largest absolute Gasteiger partial charge is 0.322 e. The van der Waals surface area contributed by atoms with Crippen LogP contribution in [0.1, 0.15) is 17.2 Å². The molecule has 6 nitrogen and oxygen atoms in total. The van der Waals surface area contributed by atoms with Crippen LogP contribution in [0.15, 0.2) is 48.5 Å². The summed E-state index contributed by atoms with van der Waals surface area (Å²) in [7, 11) is 1.71. The summed E-state index contributed by atoms with van der Waals surface area (Å²) in [5, 5.41) is 2.18. The van der Waals surface area contributed by atoms with Crippen LogP contribution in [0, 0.1) is 0 Å². The summed E-state index contributed by atoms with van der Waals surface area (Å²) >= 11 is 6.22. The summed E-state index contributed by atoms with van der Waals surface area (Å²) in [6.07, 6.45) is 0. The van der Waals surface area contributed by atoms with Crippen LogP contribution >= 0.6 is 11.6 Å². The van der Waals surface area contributed by atoms with E-state index in [1.807, 2.05) is 42.5 Å². The summed E-state index contributed by atoms with van der Waals surface area (Å²) in [5.74, 6) is -0.499. The predicted octanol–water partition coefficient (Wildman–Crippen LogP) is 1.70. The zero-order valence-electron chi connectivity index (χ0n) is 13.8. The van der Waals surface area contributed by atoms with Crippen LogP contribution in [0.3, 0.4) is 0 Å². The van der Waals surface area contributed by atoms with E-state index in [4.69, 9.17) is 17.3 Å². The molecule has 3 N–H and O–H groups in total. The number of carbonyl (C=O) groups is 2. The van der Waals surface area contributed by atoms with Gasteiger partial charge >= 0.3 is 0 Å². The van der Waals surface area contributed by atoms with Crippen LogP contribution in [0.5, 0.6) is 0 Å². The summed E-state index contributed by atoms with van der Waals surface area (Å²) in [5.41, 5.74) is 10.7. The highest BCUT2D eigenvalue weighted by atomic mass is 35.5. The van der Waals surface area contributed by atoms with Gasteiger partial charge in [0.25, 0.3) is 0 Å². The van der Waals surface area contributed by atoms with Crippen LogP contribution < -0.4 is 16.1 Å². The molecule has 1 aliphatic rings. The number of nitrogens with one attached hydrogen (secondary N) is 1. The molecule has 1 atom stereocenters. The number of amides is 2. The Labute approximate surface area is 151 Å². The number of rotatable bonds is 3. The minimum Gasteiger partial charge on any atom is -0.322 e. The lowest BCUT2D eigenvalue weighted by molar-refractivity contribution is -0.127. The third-order valence-corrected chi connectivity index (χ3v) is 4.44. The molecule has 2 aromatic carbocycles. The van der Waals surface area contributed by atoms with Crippen LogP contribution in [0.2, 0.25) is 5.02 Å². The molecule has 1 heterocycles. The number of nitrogens with zero attached hydrogens (tertiary/aromatic N) is 2. The Morgan fingerprint density at radius 2 is 2.00 bits per heavy atom. The van der Waals surface area contributed by atoms with Crippen molar-refractivity contribution < 1.29 is 9.59 Å². The number of halogens is 1. The van der Waals surface area contributed by atoms with Crippen LogP contribution in [0.4, 0.5) is 5.69 Å². The minimum absolute atomic E-state index is 0.0219. The van der Waals surface area contributed by atoms with Gasteiger partial charge in [0.2, 0.25) is 11.8 Å². The number of hydrogen-bond donors (Lipinski definition) is 2. The number of likely N-dealkylation sites (N-methyl/N-ethyl adjacent to an activating group) is 1. The lowest BCUT2D eigenvalue weighted by Crippen LogP contribution is -2.49. The molecule has 3 rings (SSSR count). The van der Waals surface area contributed by atoms with Crippen LogP contribution in [-0.4, -0.2) is 37.0 Å². The van der Waals surface area contributed by atoms with Crippen molar-refractivity contribution in [1.29, 1.82) is 0 Å². The van der Waals surface area contributed by atoms with Gasteiger partial charge in [0.1, 0.15) is 0 Å². The first kappa shape index (κ1) is 17.4. The topological polar surface area (TPSA) is 78.7 Å². The third-order valence-electron chi connectivity index (χ3n) is 4.21. The highest BCUT2D eigenvalue weighted by Gasteiger charge is 2.33. The fourth-order valence-electron chi connectivity index (χ4n) is 3.00. The maximum atomic E-state index is 12.6. The van der Waals surface area contributed by atoms with E-state index in [9.17, 15) is 9.59 Å². The molecule has 130 valence electrons. The monoisotopic (exact) mass is 358 g/mol. The van der Waals surface area contributed by atoms with Gasteiger partial charge in [-0.05, 0) is 23.8 Å². The minimum atomic E-state index is -0.362. The van der Waals surface area contributed by atoms with Gasteiger partial charge in [0.05, 0.1) is 19.1 Å². The number of hydrogen-bond acceptors (Lipinski definition) is 4. The van der Waals surface area contributed by atoms with Crippen molar-refractivity contribution >= 4 is 29.1 Å². The number of fused-ring (bicyclic) bond motifs is 1. The van der Waals surface area contributed by atoms with Gasteiger partial charge < -0.3 is 10.6 Å². The highest BCUT2D eigenvalue weighted by Crippen LogP contribution is 2.38. The van der Waals surface area contributed by atoms with Crippen molar-refractivity contribution in [3.63, 3.8) is 0 Å². The summed E-state index contributed by atoms with van der Waals surface area (Å²) in [6, 6.07) is 14.7. The van der Waals surface area contributed by atoms with Crippen molar-refractivity contribution in [2.75, 3.05) is 25.0 Å². The number of hydrazine groups is 1. The lowest BCUT2D eigenvalue weighted by Gasteiger charge is -2.30. The van der Waals surface area contributed by atoms with Gasteiger partial charge in [-0.15, -0.1) is 0 Å². The maximum Gasteiger partial charge on any atom is 0.248 e. The first-order valence-corrected chi connectivity index (χ1v) is 8.26. The second kappa shape index (κ2) is 7.23. The van der Waals surface area contributed by atoms with Gasteiger partial charge in [-0.2, -0.15) is 5.01 Å². The Bertz CT molecular complexity index is 797. The molecular formula is C18H19ClN4O2. The van der Waals surface area contributed by atoms with Gasteiger partial charge in [0, 0.05) is 23.3 Å². The van der Waals surface area contributed by atoms with Crippen molar-refractivity contribution in [3.05, 3.63) is 64.7 Å². The number of nitrogens with two attached hydrogens (primary N) is 1. The molecule has 0 fully saturated rings. The Morgan fingerprint density at radius 3 is 2.68 bits per heavy atom. The molecule has 0 aliphatic carbocycles. The van der Waals surface area contributed by atoms with Gasteiger partial charge in [0.15, 0.2) is 0 Å². The molecule has 0 saturated heterocycles. The van der Waals surface area contributed by atoms with Crippen molar-refractivity contribution in [1.82, 2.24) is 10.4 Å². The zero-order chi connectivity index (χ0) is 18.0. The molecule has 2 amide bonds. The fourth-order valence-corrected chi connectivity index (χ4v) is 3.18. The normalized spacial score (nSPS) is 17.8. The van der Waals surface area contributed by atoms with Gasteiger partial charge in [-0.3, -0.25) is 15.0 Å². The molecule has 25 heavy (non-hydrogen) atoms. The summed E-state index contributed by atoms with van der Waals surface area (Å²) in [6.45, 7) is -0.140. The first-order valence-electron chi connectivity index (χ1n) is 7.88. The van der Waals surface area contributed by atoms with E-state index in [1.165, 1.54) is 0 Å². The Balaban J connectivity index is 2.18. The van der Waals surface area contributed by atoms with E-state index >= 15 is 0 Å². The first-order chi connectivity index (χ1) is 12.0. The second-order valence-corrected chi connectivity index (χ2v) is 6.27. The number of benzene rings is 2. The standard InChI is InChI=1S/C18H19ClN4O2/c1-22-15-8-7-13(19)9-14(15)18(12-5-3-2-4-6-12)23(11-17(22)25)21-16(24)10-20/h2-9,18H,10-11,20H2,1H3,(H,21,24). The van der Waals surface area contributed by atoms with Gasteiger partial charge in [-0.25, -0.2) is 0 Å². The second-order valence-electron chi connectivity index (χ2n) is 5.84. The number of carbonyl (C=O) groups excluding carboxylic acids is 2. The molecule has 1 unspecified atom stereocenters. The van der Waals surface area contributed by atoms with E-state index in [0.29, 0.717) is 5.02 Å². The Morgan fingerprint density at radius 1 is 1.28 bits per heavy atom. The number of anilines is 1. The third kappa shape index (κ3) is 3.51. The van der Waals surface area contributed by atoms with Crippen LogP contribution in [-0.2, 0) is 9.59 Å². The molecule has 0 bridgehead atoms. The zero-order valence-corrected chi connectivity index (χ0v) is 14.5. The smallest absolute Gasteiger partial charge is 0.248 e. The molecular weight excluding hydrogens is 340 g/mol. The predicted molar refractivity (Wildman–Crippen MR) is 97.1 cm³/mol. The molecule has 0 aromatic heterocycles. The van der Waals surface area contributed by atoms with E-state index < -0.39 is 0 Å². The molecule has 7 heteroatoms. The van der Waals surface area contributed by atoms with Gasteiger partial charge in [-0.1, -0.05) is 41.9 Å². The van der Waals surface area contributed by atoms with Crippen LogP contribution in [0.25, 0.3) is 0 Å². The lowest BCUT2D eigenvalue weighted by atomic mass is 9.96. The fraction of sp³-hybridized carbons (Fsp3) is 0.222. The quantitative estimate of drug-likeness (QED) is 0.875. The SMILES string of the molecule is CN1C(=O)CN(NC(=O)CN)C(c2ccccc2)c2cc(Cl)ccc21. The maximum absolute atomic E-state index is 12.6. The van der Waals surface area contributed by atoms with Crippen molar-refractivity contribution in [3.8, 4) is 0 Å². The van der Waals surface area contributed by atoms with Crippen molar-refractivity contribution in [2.24, 2.45) is 5.73 Å². The van der Waals surface area contributed by atoms with E-state index in [-0.39, 0.29) is 30.9 Å². The highest BCUT2D eigenvalue weighted by molar-refractivity contribution is 6.30. The van der Waals surface area contributed by atoms with E-state index in [1.54, 1.807) is 23.0 Å². The molecule has 0 saturated carbocycles. The summed E-state index contributed by atoms with van der Waals surface area (Å²) < 4.78 is 0. The molecule has 1 aliphatic heterocycles. The Hall–Kier alpha value is -2.41. The molecule has 0 spiro atoms. The average molecular weight is 359 g/mol. The average Bonchev–Trinajstić information content (AvgIpc) is 2.71. The molecule has 0 radical (unpaired) electrons. The molecule has 2 aromatic rings. The van der Waals surface area contributed by atoms with E-state index in [0.717, 1.165) is 16.8 Å².